The first-order valence-corrected chi connectivity index (χ1v) is 7.73. The minimum Gasteiger partial charge on any atom is -0.389 e. The van der Waals surface area contributed by atoms with Crippen LogP contribution >= 0.6 is 0 Å². The normalized spacial score (nSPS) is 13.3. The van der Waals surface area contributed by atoms with Gasteiger partial charge in [-0.3, -0.25) is 4.40 Å². The lowest BCUT2D eigenvalue weighted by Crippen LogP contribution is -2.46. The summed E-state index contributed by atoms with van der Waals surface area (Å²) in [5.74, 6) is 0.836. The highest BCUT2D eigenvalue weighted by Gasteiger charge is 2.26. The van der Waals surface area contributed by atoms with Gasteiger partial charge in [-0.25, -0.2) is 4.79 Å². The van der Waals surface area contributed by atoms with Crippen molar-refractivity contribution in [3.63, 3.8) is 0 Å². The molecular weight excluding hydrogens is 294 g/mol. The number of fused-ring (bicyclic) bond motifs is 1. The summed E-state index contributed by atoms with van der Waals surface area (Å²) in [6, 6.07) is 5.14. The quantitative estimate of drug-likeness (QED) is 0.881. The van der Waals surface area contributed by atoms with Gasteiger partial charge in [0.05, 0.1) is 18.2 Å². The van der Waals surface area contributed by atoms with Gasteiger partial charge in [0, 0.05) is 13.2 Å². The van der Waals surface area contributed by atoms with E-state index in [1.807, 2.05) is 42.6 Å². The molecule has 2 rings (SSSR count). The van der Waals surface area contributed by atoms with Crippen LogP contribution in [0.15, 0.2) is 24.4 Å². The molecular formula is C16H25N5O2. The van der Waals surface area contributed by atoms with Crippen molar-refractivity contribution < 1.29 is 9.90 Å². The number of urea groups is 1. The molecule has 2 heterocycles. The van der Waals surface area contributed by atoms with Gasteiger partial charge in [-0.05, 0) is 31.9 Å². The molecule has 0 aliphatic carbocycles. The van der Waals surface area contributed by atoms with E-state index in [4.69, 9.17) is 0 Å². The molecule has 0 bridgehead atoms. The van der Waals surface area contributed by atoms with Crippen molar-refractivity contribution in [1.29, 1.82) is 0 Å². The van der Waals surface area contributed by atoms with Crippen LogP contribution in [0.2, 0.25) is 0 Å². The molecule has 0 aliphatic heterocycles. The van der Waals surface area contributed by atoms with Crippen molar-refractivity contribution in [1.82, 2.24) is 24.8 Å². The standard InChI is InChI=1S/C16H25N5O2/c1-11(2)13(17-15(22)20(5)10-16(3,4)23)14-19-18-12-8-6-7-9-21(12)14/h6-9,11,13,23H,10H2,1-5H3,(H,17,22). The number of pyridine rings is 1. The molecule has 0 saturated heterocycles. The van der Waals surface area contributed by atoms with Crippen molar-refractivity contribution in [2.75, 3.05) is 13.6 Å². The Hall–Kier alpha value is -2.15. The van der Waals surface area contributed by atoms with Gasteiger partial charge in [0.1, 0.15) is 0 Å². The van der Waals surface area contributed by atoms with Crippen LogP contribution in [-0.2, 0) is 0 Å². The van der Waals surface area contributed by atoms with Crippen LogP contribution in [0.4, 0.5) is 4.79 Å². The van der Waals surface area contributed by atoms with E-state index in [0.717, 1.165) is 5.65 Å². The summed E-state index contributed by atoms with van der Waals surface area (Å²) < 4.78 is 1.88. The summed E-state index contributed by atoms with van der Waals surface area (Å²) in [5, 5.41) is 21.2. The van der Waals surface area contributed by atoms with E-state index in [9.17, 15) is 9.90 Å². The highest BCUT2D eigenvalue weighted by atomic mass is 16.3. The van der Waals surface area contributed by atoms with Crippen molar-refractivity contribution in [3.05, 3.63) is 30.2 Å². The smallest absolute Gasteiger partial charge is 0.317 e. The molecule has 1 unspecified atom stereocenters. The summed E-state index contributed by atoms with van der Waals surface area (Å²) in [7, 11) is 1.66. The molecule has 2 aromatic heterocycles. The van der Waals surface area contributed by atoms with E-state index in [0.29, 0.717) is 5.82 Å². The van der Waals surface area contributed by atoms with E-state index in [-0.39, 0.29) is 24.5 Å². The molecule has 7 nitrogen and oxygen atoms in total. The van der Waals surface area contributed by atoms with Crippen molar-refractivity contribution >= 4 is 11.7 Å². The number of carbonyl (C=O) groups is 1. The first-order chi connectivity index (χ1) is 10.7. The molecule has 126 valence electrons. The largest absolute Gasteiger partial charge is 0.389 e. The average Bonchev–Trinajstić information content (AvgIpc) is 2.86. The zero-order valence-corrected chi connectivity index (χ0v) is 14.3. The molecule has 7 heteroatoms. The summed E-state index contributed by atoms with van der Waals surface area (Å²) in [4.78, 5) is 13.9. The predicted molar refractivity (Wildman–Crippen MR) is 88.0 cm³/mol. The number of carbonyl (C=O) groups excluding carboxylic acids is 1. The summed E-state index contributed by atoms with van der Waals surface area (Å²) >= 11 is 0. The molecule has 2 amide bonds. The van der Waals surface area contributed by atoms with Gasteiger partial charge in [0.25, 0.3) is 0 Å². The molecule has 23 heavy (non-hydrogen) atoms. The molecule has 1 atom stereocenters. The van der Waals surface area contributed by atoms with Crippen molar-refractivity contribution in [3.8, 4) is 0 Å². The van der Waals surface area contributed by atoms with E-state index in [1.54, 1.807) is 20.9 Å². The molecule has 2 aromatic rings. The molecule has 0 spiro atoms. The summed E-state index contributed by atoms with van der Waals surface area (Å²) in [5.41, 5.74) is -0.201. The van der Waals surface area contributed by atoms with Crippen LogP contribution in [0.1, 0.15) is 39.6 Å². The van der Waals surface area contributed by atoms with Crippen LogP contribution in [0.3, 0.4) is 0 Å². The third kappa shape index (κ3) is 4.19. The third-order valence-corrected chi connectivity index (χ3v) is 3.53. The maximum Gasteiger partial charge on any atom is 0.317 e. The number of aliphatic hydroxyl groups is 1. The molecule has 0 aromatic carbocycles. The van der Waals surface area contributed by atoms with Crippen LogP contribution in [0, 0.1) is 5.92 Å². The lowest BCUT2D eigenvalue weighted by Gasteiger charge is -2.28. The fourth-order valence-electron chi connectivity index (χ4n) is 2.50. The van der Waals surface area contributed by atoms with Gasteiger partial charge in [-0.15, -0.1) is 10.2 Å². The van der Waals surface area contributed by atoms with Crippen LogP contribution < -0.4 is 5.32 Å². The minimum atomic E-state index is -0.943. The molecule has 0 radical (unpaired) electrons. The average molecular weight is 319 g/mol. The number of aromatic nitrogens is 3. The molecule has 0 aliphatic rings. The van der Waals surface area contributed by atoms with E-state index >= 15 is 0 Å². The first-order valence-electron chi connectivity index (χ1n) is 7.73. The van der Waals surface area contributed by atoms with E-state index < -0.39 is 5.60 Å². The fourth-order valence-corrected chi connectivity index (χ4v) is 2.50. The van der Waals surface area contributed by atoms with E-state index in [1.165, 1.54) is 4.90 Å². The number of hydrogen-bond donors (Lipinski definition) is 2. The number of nitrogens with one attached hydrogen (secondary N) is 1. The zero-order chi connectivity index (χ0) is 17.2. The third-order valence-electron chi connectivity index (χ3n) is 3.53. The predicted octanol–water partition coefficient (Wildman–Crippen LogP) is 1.84. The van der Waals surface area contributed by atoms with Gasteiger partial charge in [0.2, 0.25) is 0 Å². The highest BCUT2D eigenvalue weighted by Crippen LogP contribution is 2.21. The second kappa shape index (κ2) is 6.54. The number of hydrogen-bond acceptors (Lipinski definition) is 4. The molecule has 0 fully saturated rings. The van der Waals surface area contributed by atoms with Crippen LogP contribution in [0.25, 0.3) is 5.65 Å². The van der Waals surface area contributed by atoms with Crippen LogP contribution in [-0.4, -0.2) is 49.8 Å². The van der Waals surface area contributed by atoms with Gasteiger partial charge in [0.15, 0.2) is 11.5 Å². The Labute approximate surface area is 136 Å². The SMILES string of the molecule is CC(C)C(NC(=O)N(C)CC(C)(C)O)c1nnc2ccccn12. The number of likely N-dealkylation sites (N-methyl/N-ethyl adjacent to an activating group) is 1. The highest BCUT2D eigenvalue weighted by molar-refractivity contribution is 5.74. The number of amides is 2. The Morgan fingerprint density at radius 1 is 1.39 bits per heavy atom. The Bertz CT molecular complexity index is 674. The number of rotatable bonds is 5. The van der Waals surface area contributed by atoms with Gasteiger partial charge < -0.3 is 15.3 Å². The maximum atomic E-state index is 12.4. The van der Waals surface area contributed by atoms with Gasteiger partial charge in [-0.2, -0.15) is 0 Å². The first kappa shape index (κ1) is 17.2. The number of nitrogens with zero attached hydrogens (tertiary/aromatic N) is 4. The summed E-state index contributed by atoms with van der Waals surface area (Å²) in [6.45, 7) is 7.62. The topological polar surface area (TPSA) is 82.8 Å². The van der Waals surface area contributed by atoms with Crippen LogP contribution in [0.5, 0.6) is 0 Å². The lowest BCUT2D eigenvalue weighted by molar-refractivity contribution is 0.0524. The van der Waals surface area contributed by atoms with E-state index in [2.05, 4.69) is 15.5 Å². The van der Waals surface area contributed by atoms with Gasteiger partial charge in [-0.1, -0.05) is 19.9 Å². The molecule has 0 saturated carbocycles. The maximum absolute atomic E-state index is 12.4. The Balaban J connectivity index is 2.21. The second-order valence-corrected chi connectivity index (χ2v) is 6.83. The molecule has 2 N–H and O–H groups in total. The van der Waals surface area contributed by atoms with Crippen molar-refractivity contribution in [2.45, 2.75) is 39.3 Å². The van der Waals surface area contributed by atoms with Crippen molar-refractivity contribution in [2.24, 2.45) is 5.92 Å². The Morgan fingerprint density at radius 2 is 2.09 bits per heavy atom. The monoisotopic (exact) mass is 319 g/mol. The Morgan fingerprint density at radius 3 is 2.70 bits per heavy atom. The fraction of sp³-hybridized carbons (Fsp3) is 0.562. The van der Waals surface area contributed by atoms with Gasteiger partial charge >= 0.3 is 6.03 Å². The Kier molecular flexibility index (Phi) is 4.89. The summed E-state index contributed by atoms with van der Waals surface area (Å²) in [6.07, 6.45) is 1.88. The zero-order valence-electron chi connectivity index (χ0n) is 14.3. The lowest BCUT2D eigenvalue weighted by atomic mass is 10.0. The minimum absolute atomic E-state index is 0.141. The second-order valence-electron chi connectivity index (χ2n) is 6.83.